The normalized spacial score (nSPS) is 10.5. The zero-order valence-electron chi connectivity index (χ0n) is 16.4. The minimum absolute atomic E-state index is 0.0254. The van der Waals surface area contributed by atoms with E-state index in [0.29, 0.717) is 22.4 Å². The second-order valence-electron chi connectivity index (χ2n) is 6.76. The summed E-state index contributed by atoms with van der Waals surface area (Å²) in [5, 5.41) is 20.1. The lowest BCUT2D eigenvalue weighted by molar-refractivity contribution is -0.384. The van der Waals surface area contributed by atoms with Gasteiger partial charge in [0, 0.05) is 23.3 Å². The summed E-state index contributed by atoms with van der Waals surface area (Å²) >= 11 is 6.11. The van der Waals surface area contributed by atoms with Gasteiger partial charge in [0.15, 0.2) is 0 Å². The number of benzene rings is 3. The third kappa shape index (κ3) is 4.12. The average molecular weight is 447 g/mol. The van der Waals surface area contributed by atoms with Crippen LogP contribution in [0, 0.1) is 10.1 Å². The van der Waals surface area contributed by atoms with Crippen LogP contribution >= 0.6 is 11.6 Å². The molecule has 0 bridgehead atoms. The van der Waals surface area contributed by atoms with Crippen LogP contribution in [0.1, 0.15) is 10.4 Å². The van der Waals surface area contributed by atoms with Gasteiger partial charge in [0.25, 0.3) is 17.2 Å². The summed E-state index contributed by atoms with van der Waals surface area (Å²) in [6.07, 6.45) is 0. The summed E-state index contributed by atoms with van der Waals surface area (Å²) in [4.78, 5) is 36.3. The highest BCUT2D eigenvalue weighted by Crippen LogP contribution is 2.33. The first-order valence-electron chi connectivity index (χ1n) is 9.44. The van der Waals surface area contributed by atoms with Gasteiger partial charge in [-0.15, -0.1) is 0 Å². The molecule has 0 spiro atoms. The van der Waals surface area contributed by atoms with Crippen LogP contribution in [-0.2, 0) is 0 Å². The minimum Gasteiger partial charge on any atom is -0.320 e. The maximum Gasteiger partial charge on any atom is 0.277 e. The van der Waals surface area contributed by atoms with Crippen molar-refractivity contribution < 1.29 is 9.72 Å². The number of aromatic nitrogens is 2. The number of nitro benzene ring substituents is 1. The van der Waals surface area contributed by atoms with Gasteiger partial charge < -0.3 is 5.32 Å². The topological polar surface area (TPSA) is 118 Å². The van der Waals surface area contributed by atoms with E-state index in [-0.39, 0.29) is 22.0 Å². The number of amides is 1. The van der Waals surface area contributed by atoms with Crippen molar-refractivity contribution in [3.63, 3.8) is 0 Å². The fourth-order valence-corrected chi connectivity index (χ4v) is 3.48. The van der Waals surface area contributed by atoms with E-state index in [1.54, 1.807) is 24.3 Å². The van der Waals surface area contributed by atoms with Gasteiger partial charge in [0.1, 0.15) is 5.56 Å². The highest BCUT2D eigenvalue weighted by molar-refractivity contribution is 6.34. The molecule has 1 heterocycles. The smallest absolute Gasteiger partial charge is 0.277 e. The van der Waals surface area contributed by atoms with Gasteiger partial charge in [-0.2, -0.15) is 5.10 Å². The first-order valence-corrected chi connectivity index (χ1v) is 9.82. The molecule has 0 saturated heterocycles. The van der Waals surface area contributed by atoms with E-state index in [1.807, 2.05) is 36.4 Å². The summed E-state index contributed by atoms with van der Waals surface area (Å²) in [7, 11) is 0. The SMILES string of the molecule is O=C(Nc1ccc([N+](=O)[O-])cc1Cl)c1c(-c2ccccc2)c(-c2ccccc2)n[nH]c1=O. The number of nitrogens with zero attached hydrogens (tertiary/aromatic N) is 2. The van der Waals surface area contributed by atoms with Gasteiger partial charge in [-0.3, -0.25) is 19.7 Å². The molecular weight excluding hydrogens is 432 g/mol. The van der Waals surface area contributed by atoms with E-state index in [1.165, 1.54) is 12.1 Å². The van der Waals surface area contributed by atoms with Crippen LogP contribution in [0.4, 0.5) is 11.4 Å². The Balaban J connectivity index is 1.86. The molecule has 1 amide bonds. The summed E-state index contributed by atoms with van der Waals surface area (Å²) < 4.78 is 0. The van der Waals surface area contributed by atoms with Gasteiger partial charge in [-0.05, 0) is 11.6 Å². The number of hydrogen-bond donors (Lipinski definition) is 2. The number of non-ortho nitro benzene ring substituents is 1. The van der Waals surface area contributed by atoms with Crippen molar-refractivity contribution in [3.05, 3.63) is 110 Å². The van der Waals surface area contributed by atoms with Crippen LogP contribution in [0.25, 0.3) is 22.4 Å². The Bertz CT molecular complexity index is 1370. The van der Waals surface area contributed by atoms with Gasteiger partial charge >= 0.3 is 0 Å². The fourth-order valence-electron chi connectivity index (χ4n) is 3.26. The maximum absolute atomic E-state index is 13.2. The molecule has 0 unspecified atom stereocenters. The van der Waals surface area contributed by atoms with Crippen LogP contribution in [0.15, 0.2) is 83.7 Å². The zero-order chi connectivity index (χ0) is 22.7. The summed E-state index contributed by atoms with van der Waals surface area (Å²) in [6, 6.07) is 21.8. The number of H-pyrrole nitrogens is 1. The van der Waals surface area contributed by atoms with Gasteiger partial charge in [-0.1, -0.05) is 72.3 Å². The van der Waals surface area contributed by atoms with Crippen molar-refractivity contribution in [2.45, 2.75) is 0 Å². The molecule has 4 aromatic rings. The highest BCUT2D eigenvalue weighted by atomic mass is 35.5. The van der Waals surface area contributed by atoms with Crippen LogP contribution in [-0.4, -0.2) is 21.0 Å². The molecule has 0 aliphatic rings. The summed E-state index contributed by atoms with van der Waals surface area (Å²) in [6.45, 7) is 0. The van der Waals surface area contributed by atoms with E-state index in [9.17, 15) is 19.7 Å². The van der Waals surface area contributed by atoms with Crippen LogP contribution in [0.3, 0.4) is 0 Å². The third-order valence-electron chi connectivity index (χ3n) is 4.73. The standard InChI is InChI=1S/C23H15ClN4O4/c24-17-13-16(28(31)32)11-12-18(17)25-22(29)20-19(14-7-3-1-4-8-14)21(26-27-23(20)30)15-9-5-2-6-10-15/h1-13H,(H,25,29)(H,27,30). The molecule has 2 N–H and O–H groups in total. The molecule has 0 atom stereocenters. The lowest BCUT2D eigenvalue weighted by Crippen LogP contribution is -2.26. The van der Waals surface area contributed by atoms with E-state index in [0.717, 1.165) is 6.07 Å². The molecule has 9 heteroatoms. The molecule has 32 heavy (non-hydrogen) atoms. The van der Waals surface area contributed by atoms with Gasteiger partial charge in [-0.25, -0.2) is 5.10 Å². The predicted molar refractivity (Wildman–Crippen MR) is 122 cm³/mol. The van der Waals surface area contributed by atoms with Crippen molar-refractivity contribution in [1.82, 2.24) is 10.2 Å². The predicted octanol–water partition coefficient (Wildman–Crippen LogP) is 4.92. The number of halogens is 1. The summed E-state index contributed by atoms with van der Waals surface area (Å²) in [5.41, 5.74) is 1.21. The quantitative estimate of drug-likeness (QED) is 0.333. The third-order valence-corrected chi connectivity index (χ3v) is 5.04. The molecule has 0 aliphatic heterocycles. The summed E-state index contributed by atoms with van der Waals surface area (Å²) in [5.74, 6) is -0.722. The molecule has 3 aromatic carbocycles. The molecule has 0 saturated carbocycles. The minimum atomic E-state index is -0.722. The molecule has 1 aromatic heterocycles. The highest BCUT2D eigenvalue weighted by Gasteiger charge is 2.24. The van der Waals surface area contributed by atoms with Crippen molar-refractivity contribution in [3.8, 4) is 22.4 Å². The first-order chi connectivity index (χ1) is 15.5. The Morgan fingerprint density at radius 3 is 2.19 bits per heavy atom. The fraction of sp³-hybridized carbons (Fsp3) is 0. The Morgan fingerprint density at radius 2 is 1.59 bits per heavy atom. The number of anilines is 1. The Hall–Kier alpha value is -4.30. The van der Waals surface area contributed by atoms with Crippen LogP contribution in [0.2, 0.25) is 5.02 Å². The van der Waals surface area contributed by atoms with Crippen molar-refractivity contribution in [2.24, 2.45) is 0 Å². The van der Waals surface area contributed by atoms with E-state index in [2.05, 4.69) is 15.5 Å². The lowest BCUT2D eigenvalue weighted by Gasteiger charge is -2.14. The molecular formula is C23H15ClN4O4. The molecule has 8 nitrogen and oxygen atoms in total. The average Bonchev–Trinajstić information content (AvgIpc) is 2.81. The van der Waals surface area contributed by atoms with Crippen molar-refractivity contribution >= 4 is 28.9 Å². The van der Waals surface area contributed by atoms with Gasteiger partial charge in [0.05, 0.1) is 21.3 Å². The number of aromatic amines is 1. The van der Waals surface area contributed by atoms with E-state index >= 15 is 0 Å². The van der Waals surface area contributed by atoms with Crippen LogP contribution < -0.4 is 10.9 Å². The second kappa shape index (κ2) is 8.83. The number of nitrogens with one attached hydrogen (secondary N) is 2. The molecule has 158 valence electrons. The van der Waals surface area contributed by atoms with Crippen molar-refractivity contribution in [2.75, 3.05) is 5.32 Å². The van der Waals surface area contributed by atoms with E-state index in [4.69, 9.17) is 11.6 Å². The van der Waals surface area contributed by atoms with Gasteiger partial charge in [0.2, 0.25) is 0 Å². The van der Waals surface area contributed by atoms with Crippen LogP contribution in [0.5, 0.6) is 0 Å². The number of nitro groups is 1. The number of rotatable bonds is 5. The lowest BCUT2D eigenvalue weighted by atomic mass is 9.95. The Kier molecular flexibility index (Phi) is 5.78. The monoisotopic (exact) mass is 446 g/mol. The molecule has 0 radical (unpaired) electrons. The largest absolute Gasteiger partial charge is 0.320 e. The molecule has 0 fully saturated rings. The number of hydrogen-bond acceptors (Lipinski definition) is 5. The van der Waals surface area contributed by atoms with E-state index < -0.39 is 16.4 Å². The molecule has 0 aliphatic carbocycles. The number of carbonyl (C=O) groups excluding carboxylic acids is 1. The van der Waals surface area contributed by atoms with Crippen molar-refractivity contribution in [1.29, 1.82) is 0 Å². The first kappa shape index (κ1) is 21.0. The maximum atomic E-state index is 13.2. The second-order valence-corrected chi connectivity index (χ2v) is 7.17. The molecule has 4 rings (SSSR count). The Morgan fingerprint density at radius 1 is 0.969 bits per heavy atom. The number of carbonyl (C=O) groups is 1. The Labute approximate surface area is 186 Å². The zero-order valence-corrected chi connectivity index (χ0v) is 17.2.